The Morgan fingerprint density at radius 2 is 2.17 bits per heavy atom. The second-order valence-electron chi connectivity index (χ2n) is 4.08. The number of ether oxygens (including phenoxy) is 3. The molecule has 0 fully saturated rings. The Kier molecular flexibility index (Phi) is 3.38. The average Bonchev–Trinajstić information content (AvgIpc) is 2.86. The monoisotopic (exact) mass is 246 g/mol. The van der Waals surface area contributed by atoms with Crippen LogP contribution in [0, 0.1) is 11.8 Å². The van der Waals surface area contributed by atoms with E-state index in [2.05, 4.69) is 23.9 Å². The summed E-state index contributed by atoms with van der Waals surface area (Å²) < 4.78 is 18.4. The van der Waals surface area contributed by atoms with E-state index in [0.29, 0.717) is 0 Å². The van der Waals surface area contributed by atoms with E-state index in [9.17, 15) is 0 Å². The number of rotatable bonds is 1. The maximum absolute atomic E-state index is 6.25. The summed E-state index contributed by atoms with van der Waals surface area (Å²) in [6.45, 7) is 6.06. The van der Waals surface area contributed by atoms with Gasteiger partial charge in [-0.1, -0.05) is 0 Å². The lowest BCUT2D eigenvalue weighted by Gasteiger charge is -2.15. The molecule has 0 amide bonds. The number of hydrogen-bond acceptors (Lipinski definition) is 4. The quantitative estimate of drug-likeness (QED) is 0.550. The molecular weight excluding hydrogens is 232 g/mol. The summed E-state index contributed by atoms with van der Waals surface area (Å²) in [6, 6.07) is 2.06. The van der Waals surface area contributed by atoms with Gasteiger partial charge in [0.25, 0.3) is 0 Å². The molecule has 0 atom stereocenters. The van der Waals surface area contributed by atoms with Gasteiger partial charge in [0.1, 0.15) is 13.6 Å². The molecule has 2 heterocycles. The van der Waals surface area contributed by atoms with Crippen molar-refractivity contribution in [1.29, 1.82) is 5.26 Å². The van der Waals surface area contributed by atoms with E-state index in [0.717, 1.165) is 35.8 Å². The van der Waals surface area contributed by atoms with Crippen LogP contribution in [0.1, 0.15) is 11.1 Å². The summed E-state index contributed by atoms with van der Waals surface area (Å²) in [5.41, 5.74) is 2.37. The van der Waals surface area contributed by atoms with Crippen molar-refractivity contribution in [2.75, 3.05) is 27.5 Å². The maximum atomic E-state index is 6.25. The molecule has 1 aromatic rings. The van der Waals surface area contributed by atoms with E-state index < -0.39 is 0 Å². The van der Waals surface area contributed by atoms with Crippen LogP contribution in [-0.4, -0.2) is 38.3 Å². The van der Waals surface area contributed by atoms with E-state index >= 15 is 0 Å². The molecule has 0 saturated carbocycles. The Labute approximate surface area is 106 Å². The fourth-order valence-electron chi connectivity index (χ4n) is 2.21. The van der Waals surface area contributed by atoms with Crippen LogP contribution in [0.2, 0.25) is 0 Å². The summed E-state index contributed by atoms with van der Waals surface area (Å²) in [5.74, 6) is 2.32. The highest BCUT2D eigenvalue weighted by Gasteiger charge is 2.27. The van der Waals surface area contributed by atoms with Crippen LogP contribution in [0.4, 0.5) is 0 Å². The largest absolute Gasteiger partial charge is 0.512 e. The fraction of sp³-hybridized carbons (Fsp3) is 0.385. The van der Waals surface area contributed by atoms with Gasteiger partial charge < -0.3 is 26.0 Å². The lowest BCUT2D eigenvalue weighted by Crippen LogP contribution is -2.19. The predicted molar refractivity (Wildman–Crippen MR) is 64.0 cm³/mol. The first kappa shape index (κ1) is 12.2. The lowest BCUT2D eigenvalue weighted by molar-refractivity contribution is -0.493. The Bertz CT molecular complexity index is 521. The fourth-order valence-corrected chi connectivity index (χ4v) is 2.21. The highest BCUT2D eigenvalue weighted by atomic mass is 16.7. The van der Waals surface area contributed by atoms with Crippen LogP contribution < -0.4 is 14.2 Å². The highest BCUT2D eigenvalue weighted by molar-refractivity contribution is 5.86. The summed E-state index contributed by atoms with van der Waals surface area (Å²) >= 11 is 0. The number of likely N-dealkylation sites (N-methyl/N-ethyl adjacent to an activating group) is 1. The van der Waals surface area contributed by atoms with E-state index in [-0.39, 0.29) is 6.79 Å². The van der Waals surface area contributed by atoms with E-state index in [1.165, 1.54) is 5.56 Å². The Morgan fingerprint density at radius 3 is 2.89 bits per heavy atom. The van der Waals surface area contributed by atoms with Crippen LogP contribution in [0.25, 0.3) is 0 Å². The molecule has 0 aromatic heterocycles. The number of hydrogen-bond donors (Lipinski definition) is 0. The van der Waals surface area contributed by atoms with Crippen molar-refractivity contribution < 1.29 is 18.8 Å². The molecule has 2 aliphatic rings. The second kappa shape index (κ2) is 4.96. The van der Waals surface area contributed by atoms with E-state index in [1.807, 2.05) is 0 Å². The van der Waals surface area contributed by atoms with Crippen molar-refractivity contribution in [3.63, 3.8) is 0 Å². The van der Waals surface area contributed by atoms with Crippen molar-refractivity contribution in [3.8, 4) is 17.2 Å². The summed E-state index contributed by atoms with van der Waals surface area (Å²) in [5, 5.41) is 6.25. The zero-order chi connectivity index (χ0) is 13.1. The number of nitrogens with zero attached hydrogens (tertiary/aromatic N) is 2. The molecule has 18 heavy (non-hydrogen) atoms. The summed E-state index contributed by atoms with van der Waals surface area (Å²) in [6.07, 6.45) is 3.11. The SMILES string of the molecule is COc1c2c(cc3c1OCO3)CC[N+](C)=C2.[C-]#N. The molecule has 0 spiro atoms. The molecule has 0 bridgehead atoms. The van der Waals surface area contributed by atoms with Gasteiger partial charge in [0.15, 0.2) is 17.7 Å². The number of benzene rings is 1. The predicted octanol–water partition coefficient (Wildman–Crippen LogP) is 1.14. The first-order valence-electron chi connectivity index (χ1n) is 5.56. The van der Waals surface area contributed by atoms with Crippen LogP contribution in [-0.2, 0) is 6.42 Å². The Morgan fingerprint density at radius 1 is 1.39 bits per heavy atom. The van der Waals surface area contributed by atoms with Crippen molar-refractivity contribution in [1.82, 2.24) is 0 Å². The third-order valence-corrected chi connectivity index (χ3v) is 3.03. The van der Waals surface area contributed by atoms with Crippen LogP contribution in [0.15, 0.2) is 6.07 Å². The van der Waals surface area contributed by atoms with Crippen LogP contribution in [0.5, 0.6) is 17.2 Å². The first-order valence-corrected chi connectivity index (χ1v) is 5.56. The second-order valence-corrected chi connectivity index (χ2v) is 4.08. The van der Waals surface area contributed by atoms with Gasteiger partial charge in [-0.2, -0.15) is 0 Å². The van der Waals surface area contributed by atoms with Gasteiger partial charge in [-0.3, -0.25) is 0 Å². The molecule has 0 radical (unpaired) electrons. The molecule has 0 unspecified atom stereocenters. The van der Waals surface area contributed by atoms with Crippen molar-refractivity contribution >= 4 is 6.21 Å². The number of fused-ring (bicyclic) bond motifs is 2. The van der Waals surface area contributed by atoms with Crippen molar-refractivity contribution in [2.24, 2.45) is 0 Å². The lowest BCUT2D eigenvalue weighted by atomic mass is 10.0. The van der Waals surface area contributed by atoms with Gasteiger partial charge in [0.05, 0.1) is 12.7 Å². The molecule has 0 saturated heterocycles. The summed E-state index contributed by atoms with van der Waals surface area (Å²) in [7, 11) is 3.73. The van der Waals surface area contributed by atoms with Crippen LogP contribution >= 0.6 is 0 Å². The van der Waals surface area contributed by atoms with Gasteiger partial charge in [-0.05, 0) is 11.6 Å². The molecule has 5 heteroatoms. The Balaban J connectivity index is 0.000000574. The molecule has 0 aliphatic carbocycles. The summed E-state index contributed by atoms with van der Waals surface area (Å²) in [4.78, 5) is 0. The molecular formula is C13H14N2O3. The molecule has 0 N–H and O–H groups in total. The highest BCUT2D eigenvalue weighted by Crippen LogP contribution is 2.44. The van der Waals surface area contributed by atoms with Gasteiger partial charge in [-0.15, -0.1) is 0 Å². The average molecular weight is 246 g/mol. The molecule has 1 aromatic carbocycles. The number of methoxy groups -OCH3 is 1. The van der Waals surface area contributed by atoms with Crippen molar-refractivity contribution in [2.45, 2.75) is 6.42 Å². The minimum atomic E-state index is 0.282. The van der Waals surface area contributed by atoms with Gasteiger partial charge in [-0.25, -0.2) is 4.58 Å². The molecule has 3 rings (SSSR count). The van der Waals surface area contributed by atoms with Gasteiger partial charge in [0, 0.05) is 6.42 Å². The molecule has 94 valence electrons. The maximum Gasteiger partial charge on any atom is 0.231 e. The third-order valence-electron chi connectivity index (χ3n) is 3.03. The smallest absolute Gasteiger partial charge is 0.231 e. The minimum Gasteiger partial charge on any atom is -0.512 e. The topological polar surface area (TPSA) is 54.5 Å². The van der Waals surface area contributed by atoms with E-state index in [1.54, 1.807) is 7.11 Å². The van der Waals surface area contributed by atoms with Crippen molar-refractivity contribution in [3.05, 3.63) is 23.8 Å². The van der Waals surface area contributed by atoms with Gasteiger partial charge in [0.2, 0.25) is 12.5 Å². The van der Waals surface area contributed by atoms with E-state index in [4.69, 9.17) is 26.0 Å². The molecule has 2 aliphatic heterocycles. The normalized spacial score (nSPS) is 15.0. The minimum absolute atomic E-state index is 0.282. The first-order chi connectivity index (χ1) is 8.79. The van der Waals surface area contributed by atoms with Crippen LogP contribution in [0.3, 0.4) is 0 Å². The molecule has 5 nitrogen and oxygen atoms in total. The Hall–Kier alpha value is -2.22. The zero-order valence-electron chi connectivity index (χ0n) is 10.4. The standard InChI is InChI=1S/C12H14NO3.CN/c1-13-4-3-8-5-10-12(16-7-15-10)11(14-2)9(8)6-13;1-2/h5-6H,3-4,7H2,1-2H3;/q+1;-1. The van der Waals surface area contributed by atoms with Gasteiger partial charge >= 0.3 is 0 Å². The zero-order valence-corrected chi connectivity index (χ0v) is 10.4. The third kappa shape index (κ3) is 1.86.